The van der Waals surface area contributed by atoms with Crippen molar-refractivity contribution in [2.45, 2.75) is 62.5 Å². The van der Waals surface area contributed by atoms with Crippen molar-refractivity contribution in [3.63, 3.8) is 0 Å². The number of benzene rings is 1. The van der Waals surface area contributed by atoms with E-state index in [1.807, 2.05) is 7.11 Å². The third kappa shape index (κ3) is 2.32. The topological polar surface area (TPSA) is 38.8 Å². The van der Waals surface area contributed by atoms with Gasteiger partial charge in [0, 0.05) is 38.0 Å². The number of carbonyl (C=O) groups excluding carboxylic acids is 1. The van der Waals surface area contributed by atoms with Crippen LogP contribution < -0.4 is 4.74 Å². The van der Waals surface area contributed by atoms with Crippen LogP contribution in [0.15, 0.2) is 18.2 Å². The Morgan fingerprint density at radius 2 is 2.04 bits per heavy atom. The zero-order chi connectivity index (χ0) is 18.8. The van der Waals surface area contributed by atoms with E-state index in [9.17, 15) is 4.79 Å². The summed E-state index contributed by atoms with van der Waals surface area (Å²) in [7, 11) is 3.61. The highest BCUT2D eigenvalue weighted by Gasteiger charge is 2.68. The van der Waals surface area contributed by atoms with E-state index in [1.54, 1.807) is 7.11 Å². The van der Waals surface area contributed by atoms with Gasteiger partial charge in [-0.1, -0.05) is 13.0 Å². The number of hydrogen-bond donors (Lipinski definition) is 0. The lowest BCUT2D eigenvalue weighted by molar-refractivity contribution is -0.210. The second-order valence-corrected chi connectivity index (χ2v) is 9.33. The summed E-state index contributed by atoms with van der Waals surface area (Å²) in [6.07, 6.45) is 6.01. The van der Waals surface area contributed by atoms with Gasteiger partial charge in [0.2, 0.25) is 0 Å². The minimum absolute atomic E-state index is 0.219. The average molecular weight is 370 g/mol. The van der Waals surface area contributed by atoms with Crippen LogP contribution in [0.3, 0.4) is 0 Å². The average Bonchev–Trinajstić information content (AvgIpc) is 3.47. The van der Waals surface area contributed by atoms with Crippen molar-refractivity contribution in [1.29, 1.82) is 0 Å². The number of rotatable bonds is 4. The van der Waals surface area contributed by atoms with Gasteiger partial charge in [-0.2, -0.15) is 0 Å². The summed E-state index contributed by atoms with van der Waals surface area (Å²) in [4.78, 5) is 15.5. The number of fused-ring (bicyclic) bond motifs is 1. The van der Waals surface area contributed by atoms with Crippen LogP contribution in [0.4, 0.5) is 0 Å². The number of ketones is 1. The Labute approximate surface area is 162 Å². The molecule has 4 atom stereocenters. The molecule has 1 saturated heterocycles. The standard InChI is InChI=1S/C23H31NO3/c1-15-10-18(25)13-22-8-9-24(14-16-4-5-16)21(23(15,22)27-3)11-17-6-7-19(26-2)12-20(17)22/h6-7,12,15-16,21H,4-5,8-11,13-14H2,1-3H3/t15-,21-,22-,23?/m1/s1. The normalized spacial score (nSPS) is 38.3. The first-order chi connectivity index (χ1) is 13.0. The van der Waals surface area contributed by atoms with Crippen molar-refractivity contribution in [1.82, 2.24) is 4.90 Å². The molecule has 3 fully saturated rings. The fraction of sp³-hybridized carbons (Fsp3) is 0.696. The van der Waals surface area contributed by atoms with E-state index in [4.69, 9.17) is 9.47 Å². The molecular formula is C23H31NO3. The van der Waals surface area contributed by atoms with E-state index in [1.165, 1.54) is 30.5 Å². The Kier molecular flexibility index (Phi) is 3.97. The summed E-state index contributed by atoms with van der Waals surface area (Å²) in [6.45, 7) is 4.51. The lowest BCUT2D eigenvalue weighted by Crippen LogP contribution is -2.76. The number of carbonyl (C=O) groups is 1. The number of likely N-dealkylation sites (tertiary alicyclic amines) is 1. The maximum absolute atomic E-state index is 12.8. The van der Waals surface area contributed by atoms with Crippen LogP contribution in [0, 0.1) is 11.8 Å². The van der Waals surface area contributed by atoms with Crippen LogP contribution in [-0.4, -0.2) is 49.6 Å². The van der Waals surface area contributed by atoms with Gasteiger partial charge in [0.1, 0.15) is 11.5 Å². The Balaban J connectivity index is 1.70. The molecule has 27 heavy (non-hydrogen) atoms. The van der Waals surface area contributed by atoms with Crippen molar-refractivity contribution >= 4 is 5.78 Å². The third-order valence-corrected chi connectivity index (χ3v) is 8.05. The zero-order valence-electron chi connectivity index (χ0n) is 16.8. The maximum atomic E-state index is 12.8. The smallest absolute Gasteiger partial charge is 0.134 e. The van der Waals surface area contributed by atoms with Crippen molar-refractivity contribution < 1.29 is 14.3 Å². The largest absolute Gasteiger partial charge is 0.497 e. The summed E-state index contributed by atoms with van der Waals surface area (Å²) in [5.74, 6) is 2.37. The molecule has 3 aliphatic carbocycles. The van der Waals surface area contributed by atoms with Crippen LogP contribution in [0.1, 0.15) is 50.2 Å². The van der Waals surface area contributed by atoms with Crippen molar-refractivity contribution in [3.05, 3.63) is 29.3 Å². The summed E-state index contributed by atoms with van der Waals surface area (Å²) in [5, 5.41) is 0. The Morgan fingerprint density at radius 3 is 2.74 bits per heavy atom. The van der Waals surface area contributed by atoms with Gasteiger partial charge in [-0.15, -0.1) is 0 Å². The summed E-state index contributed by atoms with van der Waals surface area (Å²) in [6, 6.07) is 6.86. The van der Waals surface area contributed by atoms with Crippen LogP contribution in [-0.2, 0) is 21.4 Å². The second kappa shape index (κ2) is 6.05. The van der Waals surface area contributed by atoms with E-state index in [0.29, 0.717) is 24.7 Å². The van der Waals surface area contributed by atoms with E-state index in [0.717, 1.165) is 31.1 Å². The molecule has 1 unspecified atom stereocenters. The van der Waals surface area contributed by atoms with Gasteiger partial charge < -0.3 is 9.47 Å². The zero-order valence-corrected chi connectivity index (χ0v) is 16.8. The van der Waals surface area contributed by atoms with Gasteiger partial charge in [0.05, 0.1) is 12.7 Å². The lowest BCUT2D eigenvalue weighted by Gasteiger charge is -2.67. The van der Waals surface area contributed by atoms with E-state index in [2.05, 4.69) is 30.0 Å². The van der Waals surface area contributed by atoms with Gasteiger partial charge in [0.15, 0.2) is 0 Å². The number of ether oxygens (including phenoxy) is 2. The van der Waals surface area contributed by atoms with Crippen molar-refractivity contribution in [3.8, 4) is 5.75 Å². The molecule has 0 aromatic heterocycles. The van der Waals surface area contributed by atoms with Crippen molar-refractivity contribution in [2.24, 2.45) is 11.8 Å². The predicted molar refractivity (Wildman–Crippen MR) is 104 cm³/mol. The third-order valence-electron chi connectivity index (χ3n) is 8.05. The van der Waals surface area contributed by atoms with Gasteiger partial charge in [-0.05, 0) is 67.3 Å². The molecule has 2 saturated carbocycles. The van der Waals surface area contributed by atoms with Crippen LogP contribution in [0.25, 0.3) is 0 Å². The van der Waals surface area contributed by atoms with E-state index < -0.39 is 0 Å². The second-order valence-electron chi connectivity index (χ2n) is 9.33. The Bertz CT molecular complexity index is 773. The predicted octanol–water partition coefficient (Wildman–Crippen LogP) is 3.36. The molecule has 1 aromatic rings. The van der Waals surface area contributed by atoms with Gasteiger partial charge >= 0.3 is 0 Å². The van der Waals surface area contributed by atoms with Gasteiger partial charge in [-0.3, -0.25) is 9.69 Å². The van der Waals surface area contributed by atoms with Gasteiger partial charge in [0.25, 0.3) is 0 Å². The lowest BCUT2D eigenvalue weighted by atomic mass is 9.46. The van der Waals surface area contributed by atoms with Crippen LogP contribution >= 0.6 is 0 Å². The highest BCUT2D eigenvalue weighted by atomic mass is 16.5. The van der Waals surface area contributed by atoms with Crippen LogP contribution in [0.5, 0.6) is 5.75 Å². The number of hydrogen-bond acceptors (Lipinski definition) is 4. The quantitative estimate of drug-likeness (QED) is 0.816. The number of Topliss-reactive ketones (excluding diaryl/α,β-unsaturated/α-hetero) is 1. The summed E-state index contributed by atoms with van der Waals surface area (Å²) in [5.41, 5.74) is 2.19. The van der Waals surface area contributed by atoms with E-state index in [-0.39, 0.29) is 16.9 Å². The minimum atomic E-state index is -0.284. The monoisotopic (exact) mass is 369 g/mol. The highest BCUT2D eigenvalue weighted by Crippen LogP contribution is 2.61. The van der Waals surface area contributed by atoms with Crippen LogP contribution in [0.2, 0.25) is 0 Å². The fourth-order valence-electron chi connectivity index (χ4n) is 6.82. The molecular weight excluding hydrogens is 338 g/mol. The number of nitrogens with zero attached hydrogens (tertiary/aromatic N) is 1. The minimum Gasteiger partial charge on any atom is -0.497 e. The molecule has 0 N–H and O–H groups in total. The maximum Gasteiger partial charge on any atom is 0.134 e. The molecule has 4 nitrogen and oxygen atoms in total. The molecule has 0 spiro atoms. The highest BCUT2D eigenvalue weighted by molar-refractivity contribution is 5.83. The number of methoxy groups -OCH3 is 2. The Hall–Kier alpha value is -1.39. The molecule has 0 radical (unpaired) electrons. The summed E-state index contributed by atoms with van der Waals surface area (Å²) >= 11 is 0. The SMILES string of the molecule is COc1ccc2c(c1)[C@]13CCN(CC4CC4)[C@H](C2)C1(OC)[C@H](C)CC(=O)C3. The summed E-state index contributed by atoms with van der Waals surface area (Å²) < 4.78 is 12.1. The molecule has 5 rings (SSSR count). The van der Waals surface area contributed by atoms with Gasteiger partial charge in [-0.25, -0.2) is 0 Å². The molecule has 4 heteroatoms. The first-order valence-electron chi connectivity index (χ1n) is 10.5. The molecule has 1 heterocycles. The fourth-order valence-corrected chi connectivity index (χ4v) is 6.82. The number of piperidine rings is 1. The Morgan fingerprint density at radius 1 is 1.22 bits per heavy atom. The molecule has 0 amide bonds. The molecule has 146 valence electrons. The first kappa shape index (κ1) is 17.7. The molecule has 1 aliphatic heterocycles. The van der Waals surface area contributed by atoms with Crippen molar-refractivity contribution in [2.75, 3.05) is 27.3 Å². The molecule has 1 aromatic carbocycles. The first-order valence-corrected chi connectivity index (χ1v) is 10.5. The molecule has 4 aliphatic rings. The van der Waals surface area contributed by atoms with E-state index >= 15 is 0 Å². The molecule has 2 bridgehead atoms.